The highest BCUT2D eigenvalue weighted by atomic mass is 35.5. The van der Waals surface area contributed by atoms with Gasteiger partial charge in [0.25, 0.3) is 5.91 Å². The van der Waals surface area contributed by atoms with Crippen molar-refractivity contribution in [3.63, 3.8) is 0 Å². The predicted octanol–water partition coefficient (Wildman–Crippen LogP) is 4.75. The van der Waals surface area contributed by atoms with Crippen molar-refractivity contribution < 1.29 is 13.9 Å². The molecule has 0 aliphatic rings. The third kappa shape index (κ3) is 4.54. The highest BCUT2D eigenvalue weighted by Gasteiger charge is 2.16. The summed E-state index contributed by atoms with van der Waals surface area (Å²) in [5.74, 6) is -0.249. The van der Waals surface area contributed by atoms with Crippen LogP contribution >= 0.6 is 11.6 Å². The number of amides is 1. The molecule has 0 spiro atoms. The summed E-state index contributed by atoms with van der Waals surface area (Å²) in [5, 5.41) is 5.81. The summed E-state index contributed by atoms with van der Waals surface area (Å²) in [6, 6.07) is 15.2. The summed E-state index contributed by atoms with van der Waals surface area (Å²) in [4.78, 5) is 16.4. The Balaban J connectivity index is 1.64. The SMILES string of the molecule is COc1ccccc1CNc1ccc(NC(=O)c2c(F)cccc2Cl)nc1. The van der Waals surface area contributed by atoms with E-state index in [-0.39, 0.29) is 10.6 Å². The Morgan fingerprint density at radius 3 is 2.67 bits per heavy atom. The molecule has 3 rings (SSSR count). The van der Waals surface area contributed by atoms with Crippen LogP contribution in [0.4, 0.5) is 15.9 Å². The first-order valence-corrected chi connectivity index (χ1v) is 8.53. The Labute approximate surface area is 161 Å². The van der Waals surface area contributed by atoms with E-state index in [4.69, 9.17) is 16.3 Å². The highest BCUT2D eigenvalue weighted by molar-refractivity contribution is 6.34. The van der Waals surface area contributed by atoms with Gasteiger partial charge < -0.3 is 15.4 Å². The molecule has 0 unspecified atom stereocenters. The molecule has 7 heteroatoms. The van der Waals surface area contributed by atoms with E-state index in [1.165, 1.54) is 18.2 Å². The third-order valence-electron chi connectivity index (χ3n) is 3.87. The molecular weight excluding hydrogens is 369 g/mol. The van der Waals surface area contributed by atoms with Crippen LogP contribution in [-0.4, -0.2) is 18.0 Å². The smallest absolute Gasteiger partial charge is 0.261 e. The van der Waals surface area contributed by atoms with Gasteiger partial charge in [0, 0.05) is 12.1 Å². The molecule has 2 aromatic carbocycles. The molecule has 0 saturated heterocycles. The molecule has 1 aromatic heterocycles. The maximum absolute atomic E-state index is 13.8. The predicted molar refractivity (Wildman–Crippen MR) is 104 cm³/mol. The fraction of sp³-hybridized carbons (Fsp3) is 0.100. The zero-order valence-corrected chi connectivity index (χ0v) is 15.3. The fourth-order valence-electron chi connectivity index (χ4n) is 2.51. The van der Waals surface area contributed by atoms with E-state index in [2.05, 4.69) is 15.6 Å². The minimum atomic E-state index is -0.685. The molecule has 2 N–H and O–H groups in total. The zero-order valence-electron chi connectivity index (χ0n) is 14.5. The summed E-state index contributed by atoms with van der Waals surface area (Å²) in [6.07, 6.45) is 1.58. The van der Waals surface area contributed by atoms with E-state index in [0.29, 0.717) is 12.4 Å². The Hall–Kier alpha value is -3.12. The van der Waals surface area contributed by atoms with Gasteiger partial charge in [-0.25, -0.2) is 9.37 Å². The fourth-order valence-corrected chi connectivity index (χ4v) is 2.76. The molecule has 5 nitrogen and oxygen atoms in total. The first kappa shape index (κ1) is 18.7. The second kappa shape index (κ2) is 8.51. The zero-order chi connectivity index (χ0) is 19.2. The number of rotatable bonds is 6. The molecule has 0 bridgehead atoms. The van der Waals surface area contributed by atoms with Gasteiger partial charge in [-0.05, 0) is 30.3 Å². The summed E-state index contributed by atoms with van der Waals surface area (Å²) in [7, 11) is 1.62. The van der Waals surface area contributed by atoms with Crippen LogP contribution in [0.5, 0.6) is 5.75 Å². The monoisotopic (exact) mass is 385 g/mol. The lowest BCUT2D eigenvalue weighted by Crippen LogP contribution is -2.15. The molecule has 0 atom stereocenters. The first-order chi connectivity index (χ1) is 13.1. The summed E-state index contributed by atoms with van der Waals surface area (Å²) < 4.78 is 19.1. The number of pyridine rings is 1. The molecule has 0 aliphatic carbocycles. The summed E-state index contributed by atoms with van der Waals surface area (Å²) >= 11 is 5.90. The number of aromatic nitrogens is 1. The van der Waals surface area contributed by atoms with Gasteiger partial charge in [-0.15, -0.1) is 0 Å². The summed E-state index contributed by atoms with van der Waals surface area (Å²) in [6.45, 7) is 0.558. The average molecular weight is 386 g/mol. The van der Waals surface area contributed by atoms with Gasteiger partial charge in [0.1, 0.15) is 17.4 Å². The van der Waals surface area contributed by atoms with Crippen molar-refractivity contribution in [3.8, 4) is 5.75 Å². The van der Waals surface area contributed by atoms with Crippen molar-refractivity contribution in [3.05, 3.63) is 82.8 Å². The number of anilines is 2. The molecule has 27 heavy (non-hydrogen) atoms. The highest BCUT2D eigenvalue weighted by Crippen LogP contribution is 2.21. The van der Waals surface area contributed by atoms with E-state index >= 15 is 0 Å². The number of benzene rings is 2. The Kier molecular flexibility index (Phi) is 5.88. The van der Waals surface area contributed by atoms with Crippen LogP contribution < -0.4 is 15.4 Å². The number of nitrogens with one attached hydrogen (secondary N) is 2. The number of carbonyl (C=O) groups is 1. The number of para-hydroxylation sites is 1. The average Bonchev–Trinajstić information content (AvgIpc) is 2.67. The molecule has 1 heterocycles. The first-order valence-electron chi connectivity index (χ1n) is 8.15. The minimum Gasteiger partial charge on any atom is -0.496 e. The maximum Gasteiger partial charge on any atom is 0.261 e. The van der Waals surface area contributed by atoms with E-state index in [1.807, 2.05) is 24.3 Å². The van der Waals surface area contributed by atoms with Gasteiger partial charge in [0.15, 0.2) is 0 Å². The van der Waals surface area contributed by atoms with E-state index in [0.717, 1.165) is 17.0 Å². The van der Waals surface area contributed by atoms with Crippen LogP contribution in [0.2, 0.25) is 5.02 Å². The van der Waals surface area contributed by atoms with Gasteiger partial charge in [-0.1, -0.05) is 35.9 Å². The number of ether oxygens (including phenoxy) is 1. The lowest BCUT2D eigenvalue weighted by Gasteiger charge is -2.11. The van der Waals surface area contributed by atoms with E-state index < -0.39 is 11.7 Å². The largest absolute Gasteiger partial charge is 0.496 e. The van der Waals surface area contributed by atoms with Gasteiger partial charge >= 0.3 is 0 Å². The van der Waals surface area contributed by atoms with E-state index in [1.54, 1.807) is 25.4 Å². The van der Waals surface area contributed by atoms with Gasteiger partial charge in [-0.3, -0.25) is 4.79 Å². The van der Waals surface area contributed by atoms with Crippen LogP contribution in [-0.2, 0) is 6.54 Å². The van der Waals surface area contributed by atoms with E-state index in [9.17, 15) is 9.18 Å². The molecule has 138 valence electrons. The lowest BCUT2D eigenvalue weighted by molar-refractivity contribution is 0.102. The second-order valence-electron chi connectivity index (χ2n) is 5.65. The molecule has 0 fully saturated rings. The summed E-state index contributed by atoms with van der Waals surface area (Å²) in [5.41, 5.74) is 1.56. The van der Waals surface area contributed by atoms with Crippen LogP contribution in [0.25, 0.3) is 0 Å². The minimum absolute atomic E-state index is 0.0441. The molecule has 0 aliphatic heterocycles. The number of hydrogen-bond acceptors (Lipinski definition) is 4. The molecule has 1 amide bonds. The molecule has 0 radical (unpaired) electrons. The third-order valence-corrected chi connectivity index (χ3v) is 4.19. The van der Waals surface area contributed by atoms with Crippen molar-refractivity contribution in [1.82, 2.24) is 4.98 Å². The van der Waals surface area contributed by atoms with Crippen molar-refractivity contribution in [2.75, 3.05) is 17.7 Å². The van der Waals surface area contributed by atoms with Crippen LogP contribution in [0.15, 0.2) is 60.8 Å². The lowest BCUT2D eigenvalue weighted by atomic mass is 10.2. The topological polar surface area (TPSA) is 63.2 Å². The van der Waals surface area contributed by atoms with Crippen molar-refractivity contribution >= 4 is 29.0 Å². The molecule has 3 aromatic rings. The van der Waals surface area contributed by atoms with Crippen LogP contribution in [0.3, 0.4) is 0 Å². The quantitative estimate of drug-likeness (QED) is 0.643. The van der Waals surface area contributed by atoms with Crippen molar-refractivity contribution in [2.24, 2.45) is 0 Å². The normalized spacial score (nSPS) is 10.3. The van der Waals surface area contributed by atoms with Crippen LogP contribution in [0.1, 0.15) is 15.9 Å². The Bertz CT molecular complexity index is 928. The maximum atomic E-state index is 13.8. The number of halogens is 2. The van der Waals surface area contributed by atoms with Crippen molar-refractivity contribution in [1.29, 1.82) is 0 Å². The number of carbonyl (C=O) groups excluding carboxylic acids is 1. The standard InChI is InChI=1S/C20H17ClFN3O2/c1-27-17-8-3-2-5-13(17)11-23-14-9-10-18(24-12-14)25-20(26)19-15(21)6-4-7-16(19)22/h2-10,12,23H,11H2,1H3,(H,24,25,26). The number of methoxy groups -OCH3 is 1. The van der Waals surface area contributed by atoms with Crippen LogP contribution in [0, 0.1) is 5.82 Å². The molecular formula is C20H17ClFN3O2. The number of nitrogens with zero attached hydrogens (tertiary/aromatic N) is 1. The Morgan fingerprint density at radius 1 is 1.15 bits per heavy atom. The van der Waals surface area contributed by atoms with Crippen molar-refractivity contribution in [2.45, 2.75) is 6.54 Å². The second-order valence-corrected chi connectivity index (χ2v) is 6.06. The van der Waals surface area contributed by atoms with Gasteiger partial charge in [-0.2, -0.15) is 0 Å². The molecule has 0 saturated carbocycles. The van der Waals surface area contributed by atoms with Gasteiger partial charge in [0.05, 0.1) is 29.6 Å². The number of hydrogen-bond donors (Lipinski definition) is 2. The Morgan fingerprint density at radius 2 is 1.96 bits per heavy atom. The van der Waals surface area contributed by atoms with Gasteiger partial charge in [0.2, 0.25) is 0 Å².